The number of methoxy groups -OCH3 is 1. The molecule has 2 N–H and O–H groups in total. The third-order valence-corrected chi connectivity index (χ3v) is 7.74. The lowest BCUT2D eigenvalue weighted by atomic mass is 9.96. The van der Waals surface area contributed by atoms with Gasteiger partial charge >= 0.3 is 0 Å². The van der Waals surface area contributed by atoms with E-state index in [-0.39, 0.29) is 5.56 Å². The van der Waals surface area contributed by atoms with Crippen LogP contribution in [0.4, 0.5) is 11.4 Å². The van der Waals surface area contributed by atoms with Crippen LogP contribution >= 0.6 is 0 Å². The van der Waals surface area contributed by atoms with E-state index in [9.17, 15) is 4.79 Å². The summed E-state index contributed by atoms with van der Waals surface area (Å²) in [6, 6.07) is 18.1. The van der Waals surface area contributed by atoms with Gasteiger partial charge in [0.15, 0.2) is 0 Å². The number of H-pyrrole nitrogens is 1. The first-order chi connectivity index (χ1) is 19.4. The van der Waals surface area contributed by atoms with Crippen molar-refractivity contribution >= 4 is 11.4 Å². The Kier molecular flexibility index (Phi) is 7.04. The van der Waals surface area contributed by atoms with Crippen molar-refractivity contribution in [2.75, 3.05) is 43.6 Å². The van der Waals surface area contributed by atoms with Gasteiger partial charge < -0.3 is 29.4 Å². The lowest BCUT2D eigenvalue weighted by molar-refractivity contribution is 0.0189. The molecule has 4 aromatic rings. The van der Waals surface area contributed by atoms with E-state index in [2.05, 4.69) is 38.4 Å². The number of benzene rings is 2. The Balaban J connectivity index is 1.22. The number of pyridine rings is 2. The molecule has 0 bridgehead atoms. The minimum Gasteiger partial charge on any atom is -0.456 e. The minimum absolute atomic E-state index is 0.130. The quantitative estimate of drug-likeness (QED) is 0.284. The monoisotopic (exact) mass is 538 g/mol. The van der Waals surface area contributed by atoms with Gasteiger partial charge in [0.1, 0.15) is 11.5 Å². The molecule has 0 atom stereocenters. The molecule has 1 fully saturated rings. The van der Waals surface area contributed by atoms with Crippen molar-refractivity contribution in [2.45, 2.75) is 32.4 Å². The van der Waals surface area contributed by atoms with Crippen LogP contribution in [0.15, 0.2) is 71.8 Å². The third kappa shape index (κ3) is 5.33. The molecule has 2 aromatic carbocycles. The minimum atomic E-state index is -0.394. The fraction of sp³-hybridized carbons (Fsp3) is 0.312. The second kappa shape index (κ2) is 10.8. The average molecular weight is 539 g/mol. The molecule has 8 heteroatoms. The Morgan fingerprint density at radius 3 is 2.73 bits per heavy atom. The highest BCUT2D eigenvalue weighted by atomic mass is 16.5. The molecular formula is C32H34N4O4. The summed E-state index contributed by atoms with van der Waals surface area (Å²) in [7, 11) is 1.71. The molecule has 1 saturated heterocycles. The van der Waals surface area contributed by atoms with Gasteiger partial charge in [-0.05, 0) is 61.4 Å². The molecule has 2 aliphatic heterocycles. The van der Waals surface area contributed by atoms with E-state index in [1.807, 2.05) is 56.6 Å². The summed E-state index contributed by atoms with van der Waals surface area (Å²) in [5.41, 5.74) is 7.33. The summed E-state index contributed by atoms with van der Waals surface area (Å²) in [6.07, 6.45) is 4.46. The number of nitrogens with one attached hydrogen (secondary N) is 2. The topological polar surface area (TPSA) is 88.7 Å². The van der Waals surface area contributed by atoms with Gasteiger partial charge in [-0.1, -0.05) is 12.1 Å². The van der Waals surface area contributed by atoms with Crippen molar-refractivity contribution in [2.24, 2.45) is 0 Å². The van der Waals surface area contributed by atoms with Gasteiger partial charge in [-0.2, -0.15) is 0 Å². The van der Waals surface area contributed by atoms with Crippen molar-refractivity contribution in [3.05, 3.63) is 99.6 Å². The van der Waals surface area contributed by atoms with Gasteiger partial charge in [-0.3, -0.25) is 9.78 Å². The maximum absolute atomic E-state index is 12.6. The number of ether oxygens (including phenoxy) is 3. The second-order valence-corrected chi connectivity index (χ2v) is 10.8. The number of aromatic amines is 1. The number of anilines is 2. The molecular weight excluding hydrogens is 504 g/mol. The van der Waals surface area contributed by atoms with Crippen molar-refractivity contribution < 1.29 is 14.2 Å². The third-order valence-electron chi connectivity index (χ3n) is 7.74. The number of fused-ring (bicyclic) bond motifs is 2. The van der Waals surface area contributed by atoms with Gasteiger partial charge in [0.2, 0.25) is 5.56 Å². The maximum Gasteiger partial charge on any atom is 0.250 e. The molecule has 40 heavy (non-hydrogen) atoms. The lowest BCUT2D eigenvalue weighted by Gasteiger charge is -2.29. The fourth-order valence-electron chi connectivity index (χ4n) is 5.21. The number of hydrogen-bond donors (Lipinski definition) is 2. The maximum atomic E-state index is 12.6. The van der Waals surface area contributed by atoms with E-state index in [0.717, 1.165) is 75.9 Å². The molecule has 2 aliphatic rings. The summed E-state index contributed by atoms with van der Waals surface area (Å²) in [5.74, 6) is 1.61. The number of morpholine rings is 1. The highest BCUT2D eigenvalue weighted by Crippen LogP contribution is 2.43. The van der Waals surface area contributed by atoms with Crippen LogP contribution in [0.25, 0.3) is 11.3 Å². The van der Waals surface area contributed by atoms with E-state index in [1.165, 1.54) is 0 Å². The van der Waals surface area contributed by atoms with Crippen LogP contribution < -0.4 is 20.5 Å². The van der Waals surface area contributed by atoms with Crippen molar-refractivity contribution in [3.63, 3.8) is 0 Å². The molecule has 0 spiro atoms. The molecule has 8 nitrogen and oxygen atoms in total. The van der Waals surface area contributed by atoms with Gasteiger partial charge in [0.25, 0.3) is 0 Å². The smallest absolute Gasteiger partial charge is 0.250 e. The van der Waals surface area contributed by atoms with E-state index in [1.54, 1.807) is 13.2 Å². The predicted octanol–water partition coefficient (Wildman–Crippen LogP) is 5.46. The van der Waals surface area contributed by atoms with Crippen molar-refractivity contribution in [3.8, 4) is 22.8 Å². The summed E-state index contributed by atoms with van der Waals surface area (Å²) >= 11 is 0. The Morgan fingerprint density at radius 1 is 1.05 bits per heavy atom. The molecule has 6 rings (SSSR count). The molecule has 0 amide bonds. The van der Waals surface area contributed by atoms with Gasteiger partial charge in [-0.15, -0.1) is 0 Å². The van der Waals surface area contributed by atoms with Crippen LogP contribution in [0.5, 0.6) is 11.5 Å². The van der Waals surface area contributed by atoms with Crippen LogP contribution in [-0.2, 0) is 28.0 Å². The van der Waals surface area contributed by atoms with Crippen molar-refractivity contribution in [1.29, 1.82) is 0 Å². The predicted molar refractivity (Wildman–Crippen MR) is 156 cm³/mol. The molecule has 0 saturated carbocycles. The van der Waals surface area contributed by atoms with Crippen LogP contribution in [0.2, 0.25) is 0 Å². The summed E-state index contributed by atoms with van der Waals surface area (Å²) in [5, 5.41) is 3.52. The Labute approximate surface area is 233 Å². The molecule has 2 aromatic heterocycles. The van der Waals surface area contributed by atoms with E-state index >= 15 is 0 Å². The number of nitrogens with zero attached hydrogens (tertiary/aromatic N) is 2. The highest BCUT2D eigenvalue weighted by molar-refractivity contribution is 5.74. The zero-order valence-corrected chi connectivity index (χ0v) is 23.1. The number of rotatable bonds is 7. The van der Waals surface area contributed by atoms with Gasteiger partial charge in [-0.25, -0.2) is 0 Å². The zero-order valence-electron chi connectivity index (χ0n) is 23.1. The zero-order chi connectivity index (χ0) is 27.7. The van der Waals surface area contributed by atoms with Crippen LogP contribution in [0, 0.1) is 0 Å². The molecule has 0 radical (unpaired) electrons. The first kappa shape index (κ1) is 26.1. The van der Waals surface area contributed by atoms with E-state index < -0.39 is 5.60 Å². The standard InChI is InChI=1S/C32H34N4O4/c1-32(2,38-3)24-13-21(18-33-20-24)19-34-25-7-8-29-23(15-25)14-22-5-4-6-27(31(22)40-29)28-16-26(17-30(37)35-28)36-9-11-39-12-10-36/h4-8,13,15-18,20,34H,9-12,14,19H2,1-3H3,(H,35,37). The number of aromatic nitrogens is 2. The summed E-state index contributed by atoms with van der Waals surface area (Å²) < 4.78 is 17.6. The van der Waals surface area contributed by atoms with Gasteiger partial charge in [0.05, 0.1) is 24.5 Å². The fourth-order valence-corrected chi connectivity index (χ4v) is 5.21. The second-order valence-electron chi connectivity index (χ2n) is 10.8. The molecule has 0 unspecified atom stereocenters. The normalized spacial score (nSPS) is 14.7. The Morgan fingerprint density at radius 2 is 1.90 bits per heavy atom. The number of para-hydroxylation sites is 1. The average Bonchev–Trinajstić information content (AvgIpc) is 2.99. The highest BCUT2D eigenvalue weighted by Gasteiger charge is 2.23. The Bertz CT molecular complexity index is 1590. The molecule has 206 valence electrons. The number of hydrogen-bond acceptors (Lipinski definition) is 7. The first-order valence-corrected chi connectivity index (χ1v) is 13.6. The van der Waals surface area contributed by atoms with Crippen molar-refractivity contribution in [1.82, 2.24) is 9.97 Å². The van der Waals surface area contributed by atoms with Crippen LogP contribution in [0.1, 0.15) is 36.1 Å². The molecule has 0 aliphatic carbocycles. The lowest BCUT2D eigenvalue weighted by Crippen LogP contribution is -2.36. The largest absolute Gasteiger partial charge is 0.456 e. The van der Waals surface area contributed by atoms with Crippen LogP contribution in [0.3, 0.4) is 0 Å². The van der Waals surface area contributed by atoms with Gasteiger partial charge in [0, 0.05) is 79.7 Å². The van der Waals surface area contributed by atoms with E-state index in [4.69, 9.17) is 14.2 Å². The van der Waals surface area contributed by atoms with Crippen LogP contribution in [-0.4, -0.2) is 43.4 Å². The SMILES string of the molecule is COC(C)(C)c1cncc(CNc2ccc3c(c2)Cc2cccc(-c4cc(N5CCOCC5)cc(=O)[nH]4)c2O3)c1. The summed E-state index contributed by atoms with van der Waals surface area (Å²) in [6.45, 7) is 7.57. The Hall–Kier alpha value is -4.14. The summed E-state index contributed by atoms with van der Waals surface area (Å²) in [4.78, 5) is 22.2. The first-order valence-electron chi connectivity index (χ1n) is 13.6. The van der Waals surface area contributed by atoms with E-state index in [0.29, 0.717) is 19.8 Å². The molecule has 4 heterocycles.